The van der Waals surface area contributed by atoms with Crippen LogP contribution in [0.5, 0.6) is 0 Å². The van der Waals surface area contributed by atoms with Gasteiger partial charge in [0.25, 0.3) is 0 Å². The second-order valence-electron chi connectivity index (χ2n) is 5.17. The summed E-state index contributed by atoms with van der Waals surface area (Å²) in [7, 11) is 0. The van der Waals surface area contributed by atoms with Crippen molar-refractivity contribution in [3.63, 3.8) is 0 Å². The maximum absolute atomic E-state index is 11.9. The second-order valence-corrected chi connectivity index (χ2v) is 5.17. The molecule has 2 saturated heterocycles. The average Bonchev–Trinajstić information content (AvgIpc) is 2.62. The molecule has 1 N–H and O–H groups in total. The van der Waals surface area contributed by atoms with E-state index in [1.54, 1.807) is 0 Å². The standard InChI is InChI=1S/C11H18N2O/c1-7-4-9(7)11(14)13-5-8-2-3-12-10(8)6-13/h7-10,12H,2-6H2,1H3/t7-,8+,9+,10-/m0/s1. The van der Waals surface area contributed by atoms with E-state index in [0.29, 0.717) is 23.8 Å². The lowest BCUT2D eigenvalue weighted by Crippen LogP contribution is -2.35. The van der Waals surface area contributed by atoms with E-state index in [1.165, 1.54) is 6.42 Å². The van der Waals surface area contributed by atoms with Crippen molar-refractivity contribution >= 4 is 5.91 Å². The summed E-state index contributed by atoms with van der Waals surface area (Å²) in [4.78, 5) is 14.0. The number of nitrogens with zero attached hydrogens (tertiary/aromatic N) is 1. The molecule has 0 bridgehead atoms. The van der Waals surface area contributed by atoms with E-state index in [1.807, 2.05) is 0 Å². The van der Waals surface area contributed by atoms with Crippen molar-refractivity contribution in [1.29, 1.82) is 0 Å². The van der Waals surface area contributed by atoms with Crippen LogP contribution in [0.1, 0.15) is 19.8 Å². The molecule has 78 valence electrons. The van der Waals surface area contributed by atoms with Crippen LogP contribution >= 0.6 is 0 Å². The van der Waals surface area contributed by atoms with Crippen molar-refractivity contribution < 1.29 is 4.79 Å². The van der Waals surface area contributed by atoms with Crippen LogP contribution in [0.2, 0.25) is 0 Å². The molecular formula is C11H18N2O. The number of hydrogen-bond donors (Lipinski definition) is 1. The molecule has 4 atom stereocenters. The Bertz CT molecular complexity index is 254. The topological polar surface area (TPSA) is 32.3 Å². The van der Waals surface area contributed by atoms with Gasteiger partial charge in [-0.2, -0.15) is 0 Å². The predicted molar refractivity (Wildman–Crippen MR) is 53.7 cm³/mol. The van der Waals surface area contributed by atoms with Crippen LogP contribution in [0.4, 0.5) is 0 Å². The Morgan fingerprint density at radius 1 is 1.43 bits per heavy atom. The van der Waals surface area contributed by atoms with E-state index in [2.05, 4.69) is 17.1 Å². The van der Waals surface area contributed by atoms with Crippen LogP contribution in [-0.4, -0.2) is 36.5 Å². The molecule has 2 aliphatic heterocycles. The minimum atomic E-state index is 0.369. The third kappa shape index (κ3) is 1.26. The summed E-state index contributed by atoms with van der Waals surface area (Å²) in [6, 6.07) is 0.605. The number of rotatable bonds is 1. The van der Waals surface area contributed by atoms with Gasteiger partial charge in [-0.3, -0.25) is 4.79 Å². The number of carbonyl (C=O) groups excluding carboxylic acids is 1. The van der Waals surface area contributed by atoms with Crippen LogP contribution in [0.3, 0.4) is 0 Å². The number of amides is 1. The zero-order valence-electron chi connectivity index (χ0n) is 8.70. The minimum Gasteiger partial charge on any atom is -0.341 e. The van der Waals surface area contributed by atoms with Crippen LogP contribution < -0.4 is 5.32 Å². The third-order valence-corrected chi connectivity index (χ3v) is 4.10. The van der Waals surface area contributed by atoms with Crippen molar-refractivity contribution in [3.05, 3.63) is 0 Å². The highest BCUT2D eigenvalue weighted by Gasteiger charge is 2.45. The number of nitrogens with one attached hydrogen (secondary N) is 1. The predicted octanol–water partition coefficient (Wildman–Crippen LogP) is 0.463. The van der Waals surface area contributed by atoms with E-state index in [-0.39, 0.29) is 0 Å². The molecule has 1 aliphatic carbocycles. The fraction of sp³-hybridized carbons (Fsp3) is 0.909. The maximum Gasteiger partial charge on any atom is 0.226 e. The summed E-state index contributed by atoms with van der Waals surface area (Å²) in [5.74, 6) is 2.19. The smallest absolute Gasteiger partial charge is 0.226 e. The van der Waals surface area contributed by atoms with Gasteiger partial charge in [0.1, 0.15) is 0 Å². The Kier molecular flexibility index (Phi) is 1.84. The second kappa shape index (κ2) is 2.96. The molecule has 3 rings (SSSR count). The van der Waals surface area contributed by atoms with Crippen molar-refractivity contribution in [3.8, 4) is 0 Å². The number of carbonyl (C=O) groups is 1. The summed E-state index contributed by atoms with van der Waals surface area (Å²) in [5.41, 5.74) is 0. The van der Waals surface area contributed by atoms with Crippen molar-refractivity contribution in [2.24, 2.45) is 17.8 Å². The largest absolute Gasteiger partial charge is 0.341 e. The molecular weight excluding hydrogens is 176 g/mol. The van der Waals surface area contributed by atoms with Gasteiger partial charge in [0.15, 0.2) is 0 Å². The van der Waals surface area contributed by atoms with Crippen molar-refractivity contribution in [2.75, 3.05) is 19.6 Å². The van der Waals surface area contributed by atoms with Crippen LogP contribution in [-0.2, 0) is 4.79 Å². The van der Waals surface area contributed by atoms with Crippen molar-refractivity contribution in [1.82, 2.24) is 10.2 Å². The zero-order valence-corrected chi connectivity index (χ0v) is 8.70. The minimum absolute atomic E-state index is 0.369. The van der Waals surface area contributed by atoms with Crippen LogP contribution in [0, 0.1) is 17.8 Å². The molecule has 3 aliphatic rings. The summed E-state index contributed by atoms with van der Waals surface area (Å²) in [5, 5.41) is 3.48. The van der Waals surface area contributed by atoms with Gasteiger partial charge in [-0.15, -0.1) is 0 Å². The van der Waals surface area contributed by atoms with E-state index in [4.69, 9.17) is 0 Å². The summed E-state index contributed by atoms with van der Waals surface area (Å²) < 4.78 is 0. The number of fused-ring (bicyclic) bond motifs is 1. The number of likely N-dealkylation sites (tertiary alicyclic amines) is 1. The lowest BCUT2D eigenvalue weighted by Gasteiger charge is -2.17. The van der Waals surface area contributed by atoms with Crippen LogP contribution in [0.25, 0.3) is 0 Å². The van der Waals surface area contributed by atoms with Gasteiger partial charge in [0.05, 0.1) is 0 Å². The first kappa shape index (κ1) is 8.72. The Balaban J connectivity index is 1.62. The Morgan fingerprint density at radius 2 is 2.21 bits per heavy atom. The first-order valence-corrected chi connectivity index (χ1v) is 5.78. The normalized spacial score (nSPS) is 45.4. The molecule has 3 fully saturated rings. The quantitative estimate of drug-likeness (QED) is 0.658. The maximum atomic E-state index is 11.9. The Labute approximate surface area is 84.8 Å². The Morgan fingerprint density at radius 3 is 2.86 bits per heavy atom. The first-order valence-electron chi connectivity index (χ1n) is 5.78. The highest BCUT2D eigenvalue weighted by Crippen LogP contribution is 2.40. The third-order valence-electron chi connectivity index (χ3n) is 4.10. The lowest BCUT2D eigenvalue weighted by molar-refractivity contribution is -0.132. The fourth-order valence-electron chi connectivity index (χ4n) is 2.93. The molecule has 3 heteroatoms. The average molecular weight is 194 g/mol. The van der Waals surface area contributed by atoms with E-state index in [9.17, 15) is 4.79 Å². The first-order chi connectivity index (χ1) is 6.75. The number of hydrogen-bond acceptors (Lipinski definition) is 2. The molecule has 0 unspecified atom stereocenters. The Hall–Kier alpha value is -0.570. The molecule has 0 aromatic heterocycles. The molecule has 0 spiro atoms. The highest BCUT2D eigenvalue weighted by molar-refractivity contribution is 5.82. The SMILES string of the molecule is C[C@H]1C[C@H]1C(=O)N1C[C@H]2CCN[C@H]2C1. The molecule has 3 nitrogen and oxygen atoms in total. The van der Waals surface area contributed by atoms with Gasteiger partial charge in [0, 0.05) is 25.0 Å². The van der Waals surface area contributed by atoms with Crippen LogP contribution in [0.15, 0.2) is 0 Å². The summed E-state index contributed by atoms with van der Waals surface area (Å²) in [6.07, 6.45) is 2.38. The van der Waals surface area contributed by atoms with Gasteiger partial charge in [-0.25, -0.2) is 0 Å². The van der Waals surface area contributed by atoms with Gasteiger partial charge < -0.3 is 10.2 Å². The van der Waals surface area contributed by atoms with Gasteiger partial charge in [-0.1, -0.05) is 6.92 Å². The van der Waals surface area contributed by atoms with E-state index < -0.39 is 0 Å². The molecule has 1 amide bonds. The monoisotopic (exact) mass is 194 g/mol. The molecule has 0 aromatic rings. The molecule has 14 heavy (non-hydrogen) atoms. The molecule has 0 aromatic carbocycles. The molecule has 1 saturated carbocycles. The van der Waals surface area contributed by atoms with E-state index >= 15 is 0 Å². The molecule has 0 radical (unpaired) electrons. The lowest BCUT2D eigenvalue weighted by atomic mass is 10.1. The zero-order chi connectivity index (χ0) is 9.71. The summed E-state index contributed by atoms with van der Waals surface area (Å²) in [6.45, 7) is 5.31. The van der Waals surface area contributed by atoms with Gasteiger partial charge in [-0.05, 0) is 31.2 Å². The van der Waals surface area contributed by atoms with Gasteiger partial charge >= 0.3 is 0 Å². The van der Waals surface area contributed by atoms with E-state index in [0.717, 1.165) is 32.0 Å². The highest BCUT2D eigenvalue weighted by atomic mass is 16.2. The van der Waals surface area contributed by atoms with Gasteiger partial charge in [0.2, 0.25) is 5.91 Å². The molecule has 2 heterocycles. The van der Waals surface area contributed by atoms with Crippen molar-refractivity contribution in [2.45, 2.75) is 25.8 Å². The summed E-state index contributed by atoms with van der Waals surface area (Å²) >= 11 is 0. The fourth-order valence-corrected chi connectivity index (χ4v) is 2.93.